The molecule has 1 aliphatic carbocycles. The van der Waals surface area contributed by atoms with Crippen LogP contribution in [0.5, 0.6) is 0 Å². The molecule has 2 heterocycles. The third-order valence-corrected chi connectivity index (χ3v) is 6.96. The summed E-state index contributed by atoms with van der Waals surface area (Å²) in [5.41, 5.74) is 10.3. The molecular weight excluding hydrogens is 653 g/mol. The molecule has 8 rings (SSSR count). The van der Waals surface area contributed by atoms with Crippen molar-refractivity contribution in [3.63, 3.8) is 0 Å². The van der Waals surface area contributed by atoms with Crippen LogP contribution in [0.2, 0.25) is 0 Å². The van der Waals surface area contributed by atoms with Gasteiger partial charge in [-0.25, -0.2) is 0 Å². The first kappa shape index (κ1) is 24.9. The monoisotopic (exact) mass is 675 g/mol. The molecule has 0 N–H and O–H groups in total. The zero-order chi connectivity index (χ0) is 25.3. The van der Waals surface area contributed by atoms with Crippen LogP contribution < -0.4 is 0 Å². The van der Waals surface area contributed by atoms with Crippen LogP contribution >= 0.6 is 0 Å². The SMILES string of the molecule is [Ir].[c-]1ccccc1-c1cc2c3c(cccc3n1)-c1ccccc1-2.[c-]1ccccc1-c1nccc2ccccc12. The maximum absolute atomic E-state index is 4.86. The van der Waals surface area contributed by atoms with Crippen molar-refractivity contribution in [1.82, 2.24) is 9.97 Å². The Kier molecular flexibility index (Phi) is 6.85. The third-order valence-electron chi connectivity index (χ3n) is 6.96. The second-order valence-corrected chi connectivity index (χ2v) is 9.23. The minimum atomic E-state index is 0. The van der Waals surface area contributed by atoms with Gasteiger partial charge in [0, 0.05) is 31.7 Å². The van der Waals surface area contributed by atoms with E-state index in [0.29, 0.717) is 0 Å². The number of rotatable bonds is 2. The standard InChI is InChI=1S/C21H12N.C15H10N.Ir/c1-2-7-14(8-3-1)20-13-18-16-10-5-4-9-15(16)17-11-6-12-19(22-20)21(17)18;1-2-7-13(8-3-1)15-14-9-5-4-6-12(14)10-11-16-15;/h1-7,9-13H;1-7,9-11H;/q2*-1;. The Hall–Kier alpha value is -4.43. The van der Waals surface area contributed by atoms with Gasteiger partial charge < -0.3 is 4.98 Å². The number of benzene rings is 5. The smallest absolute Gasteiger partial charge is 0.0607 e. The second-order valence-electron chi connectivity index (χ2n) is 9.23. The van der Waals surface area contributed by atoms with Gasteiger partial charge in [0.25, 0.3) is 0 Å². The molecule has 7 aromatic rings. The van der Waals surface area contributed by atoms with E-state index in [0.717, 1.165) is 28.0 Å². The molecule has 0 saturated carbocycles. The predicted molar refractivity (Wildman–Crippen MR) is 156 cm³/mol. The summed E-state index contributed by atoms with van der Waals surface area (Å²) in [5, 5.41) is 3.65. The van der Waals surface area contributed by atoms with E-state index in [-0.39, 0.29) is 20.1 Å². The van der Waals surface area contributed by atoms with E-state index < -0.39 is 0 Å². The summed E-state index contributed by atoms with van der Waals surface area (Å²) >= 11 is 0. The summed E-state index contributed by atoms with van der Waals surface area (Å²) in [7, 11) is 0. The van der Waals surface area contributed by atoms with Gasteiger partial charge in [0.05, 0.1) is 5.52 Å². The normalized spacial score (nSPS) is 10.9. The molecule has 187 valence electrons. The molecule has 1 aliphatic rings. The second kappa shape index (κ2) is 10.7. The summed E-state index contributed by atoms with van der Waals surface area (Å²) < 4.78 is 0. The van der Waals surface area contributed by atoms with Crippen LogP contribution in [0.15, 0.2) is 134 Å². The van der Waals surface area contributed by atoms with Crippen LogP contribution in [0.25, 0.3) is 66.4 Å². The molecular formula is C36H22IrN2-2. The molecule has 39 heavy (non-hydrogen) atoms. The fourth-order valence-corrected chi connectivity index (χ4v) is 5.24. The van der Waals surface area contributed by atoms with Gasteiger partial charge in [0.15, 0.2) is 0 Å². The third kappa shape index (κ3) is 4.57. The average molecular weight is 675 g/mol. The van der Waals surface area contributed by atoms with E-state index in [1.165, 1.54) is 38.4 Å². The van der Waals surface area contributed by atoms with Crippen molar-refractivity contribution in [3.05, 3.63) is 146 Å². The summed E-state index contributed by atoms with van der Waals surface area (Å²) in [4.78, 5) is 9.30. The number of hydrogen-bond acceptors (Lipinski definition) is 2. The average Bonchev–Trinajstić information content (AvgIpc) is 3.33. The fourth-order valence-electron chi connectivity index (χ4n) is 5.24. The maximum Gasteiger partial charge on any atom is 0.0607 e. The van der Waals surface area contributed by atoms with Gasteiger partial charge in [-0.1, -0.05) is 66.7 Å². The first-order valence-electron chi connectivity index (χ1n) is 12.7. The summed E-state index contributed by atoms with van der Waals surface area (Å²) in [6.07, 6.45) is 1.85. The topological polar surface area (TPSA) is 25.8 Å². The van der Waals surface area contributed by atoms with Crippen molar-refractivity contribution in [2.45, 2.75) is 0 Å². The molecule has 0 aliphatic heterocycles. The molecule has 0 spiro atoms. The first-order chi connectivity index (χ1) is 18.9. The zero-order valence-electron chi connectivity index (χ0n) is 20.9. The van der Waals surface area contributed by atoms with E-state index in [1.54, 1.807) is 0 Å². The zero-order valence-corrected chi connectivity index (χ0v) is 23.3. The Balaban J connectivity index is 0.000000145. The quantitative estimate of drug-likeness (QED) is 0.171. The summed E-state index contributed by atoms with van der Waals surface area (Å²) in [6, 6.07) is 49.9. The molecule has 0 bridgehead atoms. The molecule has 1 radical (unpaired) electrons. The molecule has 0 saturated heterocycles. The Labute approximate surface area is 241 Å². The predicted octanol–water partition coefficient (Wildman–Crippen LogP) is 9.05. The molecule has 0 amide bonds. The van der Waals surface area contributed by atoms with Crippen molar-refractivity contribution in [2.75, 3.05) is 0 Å². The number of nitrogens with zero attached hydrogens (tertiary/aromatic N) is 2. The molecule has 2 aromatic heterocycles. The molecule has 3 heteroatoms. The van der Waals surface area contributed by atoms with Gasteiger partial charge in [-0.05, 0) is 56.5 Å². The van der Waals surface area contributed by atoms with Gasteiger partial charge in [-0.2, -0.15) is 0 Å². The minimum Gasteiger partial charge on any atom is -0.304 e. The fraction of sp³-hybridized carbons (Fsp3) is 0. The van der Waals surface area contributed by atoms with E-state index in [9.17, 15) is 0 Å². The number of aromatic nitrogens is 2. The van der Waals surface area contributed by atoms with Gasteiger partial charge in [0.2, 0.25) is 0 Å². The van der Waals surface area contributed by atoms with Gasteiger partial charge in [-0.3, -0.25) is 4.98 Å². The van der Waals surface area contributed by atoms with Crippen LogP contribution in [0.1, 0.15) is 0 Å². The Morgan fingerprint density at radius 2 is 1.21 bits per heavy atom. The maximum atomic E-state index is 4.86. The number of pyridine rings is 2. The Morgan fingerprint density at radius 3 is 1.97 bits per heavy atom. The van der Waals surface area contributed by atoms with Crippen LogP contribution in [0.3, 0.4) is 0 Å². The van der Waals surface area contributed by atoms with Crippen molar-refractivity contribution in [3.8, 4) is 44.8 Å². The van der Waals surface area contributed by atoms with Crippen LogP contribution in [-0.4, -0.2) is 9.97 Å². The molecule has 0 atom stereocenters. The van der Waals surface area contributed by atoms with Crippen molar-refractivity contribution < 1.29 is 20.1 Å². The first-order valence-corrected chi connectivity index (χ1v) is 12.7. The largest absolute Gasteiger partial charge is 0.304 e. The number of fused-ring (bicyclic) bond motifs is 4. The van der Waals surface area contributed by atoms with Crippen molar-refractivity contribution in [2.24, 2.45) is 0 Å². The van der Waals surface area contributed by atoms with Crippen molar-refractivity contribution in [1.29, 1.82) is 0 Å². The van der Waals surface area contributed by atoms with Gasteiger partial charge in [0.1, 0.15) is 0 Å². The number of hydrogen-bond donors (Lipinski definition) is 0. The molecule has 2 nitrogen and oxygen atoms in total. The Bertz CT molecular complexity index is 1910. The van der Waals surface area contributed by atoms with Crippen LogP contribution in [0, 0.1) is 12.1 Å². The summed E-state index contributed by atoms with van der Waals surface area (Å²) in [5.74, 6) is 0. The molecule has 0 fully saturated rings. The van der Waals surface area contributed by atoms with Crippen LogP contribution in [-0.2, 0) is 20.1 Å². The van der Waals surface area contributed by atoms with Gasteiger partial charge in [-0.15, -0.1) is 71.8 Å². The van der Waals surface area contributed by atoms with E-state index >= 15 is 0 Å². The Morgan fingerprint density at radius 1 is 0.538 bits per heavy atom. The van der Waals surface area contributed by atoms with E-state index in [1.807, 2.05) is 66.9 Å². The summed E-state index contributed by atoms with van der Waals surface area (Å²) in [6.45, 7) is 0. The van der Waals surface area contributed by atoms with E-state index in [4.69, 9.17) is 4.98 Å². The van der Waals surface area contributed by atoms with Crippen molar-refractivity contribution >= 4 is 21.7 Å². The van der Waals surface area contributed by atoms with E-state index in [2.05, 4.69) is 83.8 Å². The molecule has 5 aromatic carbocycles. The van der Waals surface area contributed by atoms with Crippen LogP contribution in [0.4, 0.5) is 0 Å². The molecule has 0 unspecified atom stereocenters. The minimum absolute atomic E-state index is 0. The van der Waals surface area contributed by atoms with Gasteiger partial charge >= 0.3 is 0 Å².